The van der Waals surface area contributed by atoms with Crippen LogP contribution >= 0.6 is 0 Å². The van der Waals surface area contributed by atoms with E-state index in [0.717, 1.165) is 43.1 Å². The third-order valence-electron chi connectivity index (χ3n) is 2.77. The van der Waals surface area contributed by atoms with Crippen molar-refractivity contribution in [2.24, 2.45) is 0 Å². The maximum Gasteiger partial charge on any atom is 0.127 e. The molecule has 0 fully saturated rings. The summed E-state index contributed by atoms with van der Waals surface area (Å²) in [6.45, 7) is 2.93. The molecule has 0 unspecified atom stereocenters. The standard InChI is InChI=1S/C14H24N2O2/c1-16(2)9-5-8-15-11-12-6-7-13(17-3)10-14(12)18-4/h6-7,10,15H,5,8-9,11H2,1-4H3. The third kappa shape index (κ3) is 4.94. The summed E-state index contributed by atoms with van der Waals surface area (Å²) in [5, 5.41) is 3.42. The van der Waals surface area contributed by atoms with Gasteiger partial charge in [0.1, 0.15) is 11.5 Å². The molecule has 1 rings (SSSR count). The van der Waals surface area contributed by atoms with Crippen LogP contribution in [0.1, 0.15) is 12.0 Å². The van der Waals surface area contributed by atoms with Crippen LogP contribution in [-0.4, -0.2) is 46.3 Å². The highest BCUT2D eigenvalue weighted by Crippen LogP contribution is 2.24. The lowest BCUT2D eigenvalue weighted by Crippen LogP contribution is -2.21. The van der Waals surface area contributed by atoms with Crippen molar-refractivity contribution >= 4 is 0 Å². The average molecular weight is 252 g/mol. The molecule has 0 heterocycles. The van der Waals surface area contributed by atoms with Gasteiger partial charge in [0.15, 0.2) is 0 Å². The molecule has 4 nitrogen and oxygen atoms in total. The summed E-state index contributed by atoms with van der Waals surface area (Å²) in [5.74, 6) is 1.69. The van der Waals surface area contributed by atoms with Gasteiger partial charge in [0.05, 0.1) is 14.2 Å². The van der Waals surface area contributed by atoms with Crippen LogP contribution in [0, 0.1) is 0 Å². The van der Waals surface area contributed by atoms with Gasteiger partial charge in [-0.1, -0.05) is 6.07 Å². The Kier molecular flexibility index (Phi) is 6.54. The van der Waals surface area contributed by atoms with Crippen molar-refractivity contribution in [3.8, 4) is 11.5 Å². The van der Waals surface area contributed by atoms with Crippen LogP contribution in [0.15, 0.2) is 18.2 Å². The minimum Gasteiger partial charge on any atom is -0.497 e. The molecule has 0 atom stereocenters. The summed E-state index contributed by atoms with van der Waals surface area (Å²) in [6, 6.07) is 5.91. The predicted molar refractivity (Wildman–Crippen MR) is 74.4 cm³/mol. The van der Waals surface area contributed by atoms with Crippen molar-refractivity contribution in [2.75, 3.05) is 41.4 Å². The predicted octanol–water partition coefficient (Wildman–Crippen LogP) is 1.75. The Hall–Kier alpha value is -1.26. The molecular weight excluding hydrogens is 228 g/mol. The van der Waals surface area contributed by atoms with E-state index in [1.54, 1.807) is 14.2 Å². The van der Waals surface area contributed by atoms with Crippen molar-refractivity contribution in [1.82, 2.24) is 10.2 Å². The molecule has 0 aliphatic rings. The first kappa shape index (κ1) is 14.8. The summed E-state index contributed by atoms with van der Waals surface area (Å²) in [7, 11) is 7.53. The zero-order valence-electron chi connectivity index (χ0n) is 11.8. The zero-order valence-corrected chi connectivity index (χ0v) is 11.8. The molecule has 102 valence electrons. The van der Waals surface area contributed by atoms with E-state index in [2.05, 4.69) is 24.3 Å². The second-order valence-corrected chi connectivity index (χ2v) is 4.51. The molecule has 0 saturated heterocycles. The summed E-state index contributed by atoms with van der Waals surface area (Å²) in [4.78, 5) is 2.19. The number of nitrogens with zero attached hydrogens (tertiary/aromatic N) is 1. The van der Waals surface area contributed by atoms with E-state index < -0.39 is 0 Å². The molecule has 0 aromatic heterocycles. The number of rotatable bonds is 8. The van der Waals surface area contributed by atoms with Gasteiger partial charge in [-0.15, -0.1) is 0 Å². The number of ether oxygens (including phenoxy) is 2. The van der Waals surface area contributed by atoms with Crippen LogP contribution in [0.5, 0.6) is 11.5 Å². The third-order valence-corrected chi connectivity index (χ3v) is 2.77. The Morgan fingerprint density at radius 1 is 1.17 bits per heavy atom. The monoisotopic (exact) mass is 252 g/mol. The molecule has 18 heavy (non-hydrogen) atoms. The maximum absolute atomic E-state index is 5.35. The molecule has 0 radical (unpaired) electrons. The quantitative estimate of drug-likeness (QED) is 0.715. The van der Waals surface area contributed by atoms with Gasteiger partial charge in [-0.05, 0) is 39.7 Å². The molecular formula is C14H24N2O2. The van der Waals surface area contributed by atoms with E-state index in [-0.39, 0.29) is 0 Å². The van der Waals surface area contributed by atoms with Crippen molar-refractivity contribution < 1.29 is 9.47 Å². The normalized spacial score (nSPS) is 10.7. The van der Waals surface area contributed by atoms with Gasteiger partial charge in [0, 0.05) is 18.2 Å². The van der Waals surface area contributed by atoms with Crippen molar-refractivity contribution in [1.29, 1.82) is 0 Å². The van der Waals surface area contributed by atoms with Gasteiger partial charge in [-0.3, -0.25) is 0 Å². The van der Waals surface area contributed by atoms with Gasteiger partial charge < -0.3 is 19.7 Å². The lowest BCUT2D eigenvalue weighted by Gasteiger charge is -2.12. The maximum atomic E-state index is 5.35. The van der Waals surface area contributed by atoms with Crippen LogP contribution < -0.4 is 14.8 Å². The SMILES string of the molecule is COc1ccc(CNCCCN(C)C)c(OC)c1. The van der Waals surface area contributed by atoms with E-state index in [0.29, 0.717) is 0 Å². The summed E-state index contributed by atoms with van der Waals surface area (Å²) in [6.07, 6.45) is 1.14. The van der Waals surface area contributed by atoms with Crippen molar-refractivity contribution in [3.63, 3.8) is 0 Å². The van der Waals surface area contributed by atoms with E-state index in [1.165, 1.54) is 0 Å². The lowest BCUT2D eigenvalue weighted by molar-refractivity contribution is 0.385. The molecule has 0 bridgehead atoms. The number of methoxy groups -OCH3 is 2. The molecule has 1 N–H and O–H groups in total. The molecule has 0 spiro atoms. The van der Waals surface area contributed by atoms with E-state index in [4.69, 9.17) is 9.47 Å². The van der Waals surface area contributed by atoms with Crippen LogP contribution in [0.25, 0.3) is 0 Å². The van der Waals surface area contributed by atoms with E-state index in [9.17, 15) is 0 Å². The van der Waals surface area contributed by atoms with Crippen molar-refractivity contribution in [3.05, 3.63) is 23.8 Å². The van der Waals surface area contributed by atoms with Crippen molar-refractivity contribution in [2.45, 2.75) is 13.0 Å². The first-order valence-electron chi connectivity index (χ1n) is 6.23. The molecule has 0 amide bonds. The van der Waals surface area contributed by atoms with Crippen LogP contribution in [-0.2, 0) is 6.54 Å². The van der Waals surface area contributed by atoms with Gasteiger partial charge in [-0.2, -0.15) is 0 Å². The van der Waals surface area contributed by atoms with E-state index >= 15 is 0 Å². The van der Waals surface area contributed by atoms with Crippen LogP contribution in [0.2, 0.25) is 0 Å². The Morgan fingerprint density at radius 2 is 1.94 bits per heavy atom. The Balaban J connectivity index is 2.41. The highest BCUT2D eigenvalue weighted by Gasteiger charge is 2.04. The second-order valence-electron chi connectivity index (χ2n) is 4.51. The zero-order chi connectivity index (χ0) is 13.4. The topological polar surface area (TPSA) is 33.7 Å². The highest BCUT2D eigenvalue weighted by atomic mass is 16.5. The van der Waals surface area contributed by atoms with E-state index in [1.807, 2.05) is 18.2 Å². The first-order chi connectivity index (χ1) is 8.67. The minimum atomic E-state index is 0.820. The lowest BCUT2D eigenvalue weighted by atomic mass is 10.2. The number of hydrogen-bond acceptors (Lipinski definition) is 4. The fraction of sp³-hybridized carbons (Fsp3) is 0.571. The number of benzene rings is 1. The minimum absolute atomic E-state index is 0.820. The van der Waals surface area contributed by atoms with Crippen LogP contribution in [0.4, 0.5) is 0 Å². The molecule has 1 aromatic rings. The fourth-order valence-electron chi connectivity index (χ4n) is 1.74. The van der Waals surface area contributed by atoms with Gasteiger partial charge in [0.2, 0.25) is 0 Å². The largest absolute Gasteiger partial charge is 0.497 e. The molecule has 4 heteroatoms. The summed E-state index contributed by atoms with van der Waals surface area (Å²) >= 11 is 0. The fourth-order valence-corrected chi connectivity index (χ4v) is 1.74. The van der Waals surface area contributed by atoms with Gasteiger partial charge in [0.25, 0.3) is 0 Å². The van der Waals surface area contributed by atoms with Gasteiger partial charge in [-0.25, -0.2) is 0 Å². The van der Waals surface area contributed by atoms with Gasteiger partial charge >= 0.3 is 0 Å². The molecule has 1 aromatic carbocycles. The highest BCUT2D eigenvalue weighted by molar-refractivity contribution is 5.40. The molecule has 0 aliphatic carbocycles. The number of nitrogens with one attached hydrogen (secondary N) is 1. The second kappa shape index (κ2) is 7.95. The Bertz CT molecular complexity index is 354. The first-order valence-corrected chi connectivity index (χ1v) is 6.23. The number of hydrogen-bond donors (Lipinski definition) is 1. The average Bonchev–Trinajstić information content (AvgIpc) is 2.38. The smallest absolute Gasteiger partial charge is 0.127 e. The summed E-state index contributed by atoms with van der Waals surface area (Å²) < 4.78 is 10.5. The Morgan fingerprint density at radius 3 is 2.56 bits per heavy atom. The molecule has 0 saturated carbocycles. The Labute approximate surface area is 110 Å². The summed E-state index contributed by atoms with van der Waals surface area (Å²) in [5.41, 5.74) is 1.16. The molecule has 0 aliphatic heterocycles. The van der Waals surface area contributed by atoms with Crippen LogP contribution in [0.3, 0.4) is 0 Å².